The highest BCUT2D eigenvalue weighted by Crippen LogP contribution is 2.16. The van der Waals surface area contributed by atoms with Gasteiger partial charge in [-0.3, -0.25) is 9.80 Å². The predicted octanol–water partition coefficient (Wildman–Crippen LogP) is 0.620. The van der Waals surface area contributed by atoms with Crippen LogP contribution in [0.1, 0.15) is 20.3 Å². The van der Waals surface area contributed by atoms with Gasteiger partial charge in [-0.05, 0) is 46.3 Å². The van der Waals surface area contributed by atoms with E-state index in [0.29, 0.717) is 12.1 Å². The van der Waals surface area contributed by atoms with Crippen LogP contribution >= 0.6 is 0 Å². The Kier molecular flexibility index (Phi) is 3.65. The molecule has 2 rings (SSSR count). The molecule has 0 bridgehead atoms. The largest absolute Gasteiger partial charge is 0.316 e. The first kappa shape index (κ1) is 11.4. The highest BCUT2D eigenvalue weighted by molar-refractivity contribution is 4.85. The zero-order valence-corrected chi connectivity index (χ0v) is 10.4. The molecule has 2 aliphatic heterocycles. The molecule has 0 spiro atoms. The smallest absolute Gasteiger partial charge is 0.0195 e. The second-order valence-corrected chi connectivity index (χ2v) is 5.44. The standard InChI is InChI=1S/C12H25N3/c1-10-7-15(8-11(2)14(10)3)9-12-4-5-13-6-12/h10-13H,4-9H2,1-3H3. The summed E-state index contributed by atoms with van der Waals surface area (Å²) in [5.41, 5.74) is 0. The molecular weight excluding hydrogens is 186 g/mol. The van der Waals surface area contributed by atoms with Crippen molar-refractivity contribution in [2.75, 3.05) is 39.8 Å². The third kappa shape index (κ3) is 2.71. The summed E-state index contributed by atoms with van der Waals surface area (Å²) in [6.45, 7) is 10.9. The topological polar surface area (TPSA) is 18.5 Å². The van der Waals surface area contributed by atoms with Crippen molar-refractivity contribution < 1.29 is 0 Å². The summed E-state index contributed by atoms with van der Waals surface area (Å²) < 4.78 is 0. The molecule has 2 fully saturated rings. The molecule has 0 radical (unpaired) electrons. The molecule has 0 aromatic heterocycles. The van der Waals surface area contributed by atoms with Crippen molar-refractivity contribution >= 4 is 0 Å². The van der Waals surface area contributed by atoms with Gasteiger partial charge in [0.2, 0.25) is 0 Å². The van der Waals surface area contributed by atoms with E-state index < -0.39 is 0 Å². The van der Waals surface area contributed by atoms with Crippen LogP contribution in [0.5, 0.6) is 0 Å². The zero-order valence-electron chi connectivity index (χ0n) is 10.4. The summed E-state index contributed by atoms with van der Waals surface area (Å²) in [4.78, 5) is 5.16. The van der Waals surface area contributed by atoms with Crippen molar-refractivity contribution in [3.05, 3.63) is 0 Å². The van der Waals surface area contributed by atoms with E-state index in [1.807, 2.05) is 0 Å². The Hall–Kier alpha value is -0.120. The van der Waals surface area contributed by atoms with Gasteiger partial charge in [-0.25, -0.2) is 0 Å². The van der Waals surface area contributed by atoms with E-state index in [0.717, 1.165) is 5.92 Å². The molecule has 0 saturated carbocycles. The Labute approximate surface area is 93.8 Å². The van der Waals surface area contributed by atoms with Crippen LogP contribution in [-0.4, -0.2) is 61.7 Å². The van der Waals surface area contributed by atoms with Gasteiger partial charge < -0.3 is 5.32 Å². The van der Waals surface area contributed by atoms with Crippen LogP contribution in [0.25, 0.3) is 0 Å². The van der Waals surface area contributed by atoms with E-state index in [-0.39, 0.29) is 0 Å². The molecule has 2 saturated heterocycles. The van der Waals surface area contributed by atoms with Gasteiger partial charge in [-0.1, -0.05) is 0 Å². The minimum absolute atomic E-state index is 0.711. The maximum atomic E-state index is 3.46. The van der Waals surface area contributed by atoms with Gasteiger partial charge >= 0.3 is 0 Å². The van der Waals surface area contributed by atoms with Gasteiger partial charge in [-0.2, -0.15) is 0 Å². The Bertz CT molecular complexity index is 189. The van der Waals surface area contributed by atoms with E-state index >= 15 is 0 Å². The fourth-order valence-electron chi connectivity index (χ4n) is 2.90. The molecule has 3 atom stereocenters. The lowest BCUT2D eigenvalue weighted by molar-refractivity contribution is 0.0522. The lowest BCUT2D eigenvalue weighted by atomic mass is 10.0. The van der Waals surface area contributed by atoms with Gasteiger partial charge in [0.25, 0.3) is 0 Å². The third-order valence-electron chi connectivity index (χ3n) is 4.11. The maximum Gasteiger partial charge on any atom is 0.0195 e. The van der Waals surface area contributed by atoms with Crippen LogP contribution in [-0.2, 0) is 0 Å². The first-order valence-electron chi connectivity index (χ1n) is 6.32. The van der Waals surface area contributed by atoms with Crippen molar-refractivity contribution in [1.29, 1.82) is 0 Å². The second kappa shape index (κ2) is 4.81. The normalized spacial score (nSPS) is 39.8. The lowest BCUT2D eigenvalue weighted by Crippen LogP contribution is -2.55. The van der Waals surface area contributed by atoms with Crippen molar-refractivity contribution in [3.63, 3.8) is 0 Å². The number of nitrogens with one attached hydrogen (secondary N) is 1. The number of hydrogen-bond donors (Lipinski definition) is 1. The minimum atomic E-state index is 0.711. The van der Waals surface area contributed by atoms with E-state index in [2.05, 4.69) is 36.0 Å². The minimum Gasteiger partial charge on any atom is -0.316 e. The van der Waals surface area contributed by atoms with E-state index in [4.69, 9.17) is 0 Å². The van der Waals surface area contributed by atoms with E-state index in [1.165, 1.54) is 39.1 Å². The van der Waals surface area contributed by atoms with Crippen LogP contribution < -0.4 is 5.32 Å². The molecule has 88 valence electrons. The second-order valence-electron chi connectivity index (χ2n) is 5.44. The van der Waals surface area contributed by atoms with Crippen LogP contribution in [0.3, 0.4) is 0 Å². The number of nitrogens with zero attached hydrogens (tertiary/aromatic N) is 2. The summed E-state index contributed by atoms with van der Waals surface area (Å²) in [6.07, 6.45) is 1.37. The Morgan fingerprint density at radius 1 is 1.20 bits per heavy atom. The average Bonchev–Trinajstić information content (AvgIpc) is 2.66. The molecule has 15 heavy (non-hydrogen) atoms. The average molecular weight is 211 g/mol. The summed E-state index contributed by atoms with van der Waals surface area (Å²) in [5, 5.41) is 3.46. The number of hydrogen-bond acceptors (Lipinski definition) is 3. The van der Waals surface area contributed by atoms with Crippen LogP contribution in [0, 0.1) is 5.92 Å². The van der Waals surface area contributed by atoms with Crippen LogP contribution in [0.4, 0.5) is 0 Å². The summed E-state index contributed by atoms with van der Waals surface area (Å²) in [5.74, 6) is 0.896. The van der Waals surface area contributed by atoms with Crippen molar-refractivity contribution in [3.8, 4) is 0 Å². The summed E-state index contributed by atoms with van der Waals surface area (Å²) >= 11 is 0. The predicted molar refractivity (Wildman–Crippen MR) is 64.1 cm³/mol. The quantitative estimate of drug-likeness (QED) is 0.722. The van der Waals surface area contributed by atoms with Gasteiger partial charge in [0.05, 0.1) is 0 Å². The molecule has 0 aromatic carbocycles. The Morgan fingerprint density at radius 3 is 2.40 bits per heavy atom. The Morgan fingerprint density at radius 2 is 1.87 bits per heavy atom. The molecule has 3 heteroatoms. The van der Waals surface area contributed by atoms with Gasteiger partial charge in [0.15, 0.2) is 0 Å². The van der Waals surface area contributed by atoms with Crippen molar-refractivity contribution in [2.24, 2.45) is 5.92 Å². The molecule has 0 amide bonds. The Balaban J connectivity index is 1.82. The third-order valence-corrected chi connectivity index (χ3v) is 4.11. The molecule has 0 aromatic rings. The van der Waals surface area contributed by atoms with Crippen molar-refractivity contribution in [2.45, 2.75) is 32.4 Å². The fraction of sp³-hybridized carbons (Fsp3) is 1.00. The van der Waals surface area contributed by atoms with Gasteiger partial charge in [-0.15, -0.1) is 0 Å². The fourth-order valence-corrected chi connectivity index (χ4v) is 2.90. The zero-order chi connectivity index (χ0) is 10.8. The molecule has 1 N–H and O–H groups in total. The number of rotatable bonds is 2. The molecule has 3 unspecified atom stereocenters. The first-order valence-corrected chi connectivity index (χ1v) is 6.32. The maximum absolute atomic E-state index is 3.46. The van der Waals surface area contributed by atoms with Crippen LogP contribution in [0.2, 0.25) is 0 Å². The highest BCUT2D eigenvalue weighted by atomic mass is 15.3. The van der Waals surface area contributed by atoms with E-state index in [1.54, 1.807) is 0 Å². The molecule has 0 aliphatic carbocycles. The van der Waals surface area contributed by atoms with Gasteiger partial charge in [0.1, 0.15) is 0 Å². The molecule has 2 heterocycles. The number of likely N-dealkylation sites (N-methyl/N-ethyl adjacent to an activating group) is 1. The summed E-state index contributed by atoms with van der Waals surface area (Å²) in [7, 11) is 2.25. The first-order chi connectivity index (χ1) is 7.16. The molecular formula is C12H25N3. The van der Waals surface area contributed by atoms with E-state index in [9.17, 15) is 0 Å². The monoisotopic (exact) mass is 211 g/mol. The molecule has 2 aliphatic rings. The van der Waals surface area contributed by atoms with Crippen molar-refractivity contribution in [1.82, 2.24) is 15.1 Å². The van der Waals surface area contributed by atoms with Gasteiger partial charge in [0, 0.05) is 31.7 Å². The lowest BCUT2D eigenvalue weighted by Gasteiger charge is -2.43. The SMILES string of the molecule is CC1CN(CC2CCNC2)CC(C)N1C. The number of piperazine rings is 1. The van der Waals surface area contributed by atoms with Crippen LogP contribution in [0.15, 0.2) is 0 Å². The summed E-state index contributed by atoms with van der Waals surface area (Å²) in [6, 6.07) is 1.42. The highest BCUT2D eigenvalue weighted by Gasteiger charge is 2.28. The molecule has 3 nitrogen and oxygen atoms in total.